The lowest BCUT2D eigenvalue weighted by molar-refractivity contribution is -0.375. The smallest absolute Gasteiger partial charge is 0.188 e. The van der Waals surface area contributed by atoms with Crippen LogP contribution in [0, 0.1) is 46.8 Å². The molecular formula is C39H56N2O10S2. The number of allylic oxidation sites excluding steroid dienone is 4. The Morgan fingerprint density at radius 2 is 1.77 bits per heavy atom. The Bertz CT molecular complexity index is 1510. The number of carbonyl (C=O) groups is 2. The predicted molar refractivity (Wildman–Crippen MR) is 199 cm³/mol. The van der Waals surface area contributed by atoms with Gasteiger partial charge in [-0.1, -0.05) is 59.1 Å². The molecule has 5 aliphatic carbocycles. The number of rotatable bonds is 4. The molecule has 0 aromatic carbocycles. The highest BCUT2D eigenvalue weighted by Crippen LogP contribution is 2.57. The van der Waals surface area contributed by atoms with Gasteiger partial charge in [0.05, 0.1) is 36.6 Å². The van der Waals surface area contributed by atoms with Crippen molar-refractivity contribution in [2.24, 2.45) is 46.8 Å². The molecule has 12 nitrogen and oxygen atoms in total. The second kappa shape index (κ2) is 15.2. The maximum absolute atomic E-state index is 15.2. The third-order valence-corrected chi connectivity index (χ3v) is 16.4. The van der Waals surface area contributed by atoms with Crippen molar-refractivity contribution < 1.29 is 49.7 Å². The first kappa shape index (κ1) is 38.6. The number of hydrogen-bond donors (Lipinski definition) is 8. The number of piperidine rings is 1. The number of ether oxygens (including phenoxy) is 2. The molecule has 8 aliphatic rings. The Morgan fingerprint density at radius 3 is 2.58 bits per heavy atom. The van der Waals surface area contributed by atoms with Crippen molar-refractivity contribution in [2.75, 3.05) is 31.4 Å². The van der Waals surface area contributed by atoms with Crippen LogP contribution in [-0.4, -0.2) is 116 Å². The average Bonchev–Trinajstić information content (AvgIpc) is 3.16. The number of fused-ring (bicyclic) bond motifs is 4. The van der Waals surface area contributed by atoms with Gasteiger partial charge in [-0.3, -0.25) is 14.9 Å². The molecule has 6 fully saturated rings. The normalized spacial score (nSPS) is 48.9. The number of nitrogens with one attached hydrogen (secondary N) is 2. The molecule has 3 heterocycles. The van der Waals surface area contributed by atoms with E-state index in [9.17, 15) is 35.4 Å². The van der Waals surface area contributed by atoms with E-state index in [0.29, 0.717) is 43.9 Å². The van der Waals surface area contributed by atoms with E-state index in [-0.39, 0.29) is 47.7 Å². The van der Waals surface area contributed by atoms with Gasteiger partial charge in [-0.25, -0.2) is 0 Å². The van der Waals surface area contributed by atoms with Crippen molar-refractivity contribution >= 4 is 33.2 Å². The maximum Gasteiger partial charge on any atom is 0.188 e. The number of Topliss-reactive ketones (excluding diaryl/α,β-unsaturated/α-hetero) is 2. The van der Waals surface area contributed by atoms with Crippen LogP contribution in [0.4, 0.5) is 0 Å². The van der Waals surface area contributed by atoms with E-state index in [1.807, 2.05) is 6.08 Å². The van der Waals surface area contributed by atoms with Crippen LogP contribution in [0.1, 0.15) is 70.6 Å². The summed E-state index contributed by atoms with van der Waals surface area (Å²) < 4.78 is 12.7. The van der Waals surface area contributed by atoms with Crippen molar-refractivity contribution in [1.29, 1.82) is 0 Å². The van der Waals surface area contributed by atoms with E-state index in [0.717, 1.165) is 50.6 Å². The molecule has 3 aliphatic heterocycles. The summed E-state index contributed by atoms with van der Waals surface area (Å²) in [5, 5.41) is 75.4. The summed E-state index contributed by atoms with van der Waals surface area (Å²) in [6.07, 6.45) is 9.35. The van der Waals surface area contributed by atoms with Crippen LogP contribution in [0.5, 0.6) is 0 Å². The fourth-order valence-electron chi connectivity index (χ4n) is 11.3. The fourth-order valence-corrected chi connectivity index (χ4v) is 13.6. The van der Waals surface area contributed by atoms with E-state index >= 15 is 4.79 Å². The highest BCUT2D eigenvalue weighted by Gasteiger charge is 2.68. The summed E-state index contributed by atoms with van der Waals surface area (Å²) in [5.74, 6) is -2.09. The van der Waals surface area contributed by atoms with Crippen LogP contribution in [0.25, 0.3) is 0 Å². The van der Waals surface area contributed by atoms with Crippen LogP contribution in [0.15, 0.2) is 35.6 Å². The molecule has 0 radical (unpaired) electrons. The highest BCUT2D eigenvalue weighted by atomic mass is 33.1. The van der Waals surface area contributed by atoms with Gasteiger partial charge in [0, 0.05) is 24.2 Å². The number of hydrogen-bond acceptors (Lipinski definition) is 14. The van der Waals surface area contributed by atoms with Gasteiger partial charge in [-0.15, -0.1) is 0 Å². The van der Waals surface area contributed by atoms with E-state index < -0.39 is 71.5 Å². The fraction of sp³-hybridized carbons (Fsp3) is 0.795. The monoisotopic (exact) mass is 776 g/mol. The molecule has 15 atom stereocenters. The van der Waals surface area contributed by atoms with Crippen LogP contribution >= 0.6 is 21.6 Å². The van der Waals surface area contributed by atoms with E-state index in [2.05, 4.69) is 10.6 Å². The molecule has 0 amide bonds. The lowest BCUT2D eigenvalue weighted by Crippen LogP contribution is -2.76. The van der Waals surface area contributed by atoms with Crippen molar-refractivity contribution in [3.63, 3.8) is 0 Å². The van der Waals surface area contributed by atoms with Crippen LogP contribution in [0.2, 0.25) is 0 Å². The van der Waals surface area contributed by atoms with Crippen LogP contribution < -0.4 is 10.6 Å². The first-order valence-corrected chi connectivity index (χ1v) is 22.3. The molecule has 1 spiro atoms. The van der Waals surface area contributed by atoms with Crippen molar-refractivity contribution in [3.05, 3.63) is 35.6 Å². The third-order valence-electron chi connectivity index (χ3n) is 14.2. The topological polar surface area (TPSA) is 198 Å². The second-order valence-electron chi connectivity index (χ2n) is 17.2. The number of aliphatic hydroxyl groups excluding tert-OH is 5. The summed E-state index contributed by atoms with van der Waals surface area (Å²) >= 11 is 0. The van der Waals surface area contributed by atoms with Gasteiger partial charge in [0.2, 0.25) is 0 Å². The molecule has 8 N–H and O–H groups in total. The zero-order chi connectivity index (χ0) is 37.1. The van der Waals surface area contributed by atoms with Gasteiger partial charge in [-0.05, 0) is 87.3 Å². The molecule has 0 aromatic rings. The number of ketones is 2. The average molecular weight is 777 g/mol. The molecule has 3 saturated carbocycles. The van der Waals surface area contributed by atoms with Gasteiger partial charge >= 0.3 is 0 Å². The number of aliphatic hydroxyl groups is 6. The van der Waals surface area contributed by atoms with Gasteiger partial charge in [-0.2, -0.15) is 0 Å². The summed E-state index contributed by atoms with van der Waals surface area (Å²) in [5.41, 5.74) is -4.50. The van der Waals surface area contributed by atoms with E-state index in [4.69, 9.17) is 9.47 Å². The number of carbonyl (C=O) groups excluding carboxylic acids is 2. The predicted octanol–water partition coefficient (Wildman–Crippen LogP) is 2.50. The first-order valence-electron chi connectivity index (χ1n) is 19.8. The largest absolute Gasteiger partial charge is 0.511 e. The lowest BCUT2D eigenvalue weighted by Gasteiger charge is -2.58. The van der Waals surface area contributed by atoms with Crippen molar-refractivity contribution in [1.82, 2.24) is 10.6 Å². The van der Waals surface area contributed by atoms with Gasteiger partial charge in [0.25, 0.3) is 0 Å². The molecule has 14 heteroatoms. The molecular weight excluding hydrogens is 721 g/mol. The Hall–Kier alpha value is -1.30. The zero-order valence-corrected chi connectivity index (χ0v) is 31.8. The first-order chi connectivity index (χ1) is 25.5. The summed E-state index contributed by atoms with van der Waals surface area (Å²) in [6.45, 7) is 0.230. The maximum atomic E-state index is 15.2. The molecule has 8 rings (SSSR count). The lowest BCUT2D eigenvalue weighted by atomic mass is 9.52. The summed E-state index contributed by atoms with van der Waals surface area (Å²) in [7, 11) is 3.02. The van der Waals surface area contributed by atoms with E-state index in [1.54, 1.807) is 29.0 Å². The molecule has 7 bridgehead atoms. The minimum absolute atomic E-state index is 0.0219. The molecule has 294 valence electrons. The van der Waals surface area contributed by atoms with Crippen LogP contribution in [-0.2, 0) is 19.1 Å². The quantitative estimate of drug-likeness (QED) is 0.153. The Morgan fingerprint density at radius 1 is 0.962 bits per heavy atom. The van der Waals surface area contributed by atoms with Crippen molar-refractivity contribution in [2.45, 2.75) is 113 Å². The Kier molecular flexibility index (Phi) is 11.1. The molecule has 53 heavy (non-hydrogen) atoms. The second-order valence-corrected chi connectivity index (χ2v) is 19.6. The Balaban J connectivity index is 1.15. The van der Waals surface area contributed by atoms with Gasteiger partial charge in [0.15, 0.2) is 12.1 Å². The third kappa shape index (κ3) is 6.53. The molecule has 7 unspecified atom stereocenters. The van der Waals surface area contributed by atoms with Gasteiger partial charge in [0.1, 0.15) is 40.4 Å². The summed E-state index contributed by atoms with van der Waals surface area (Å²) in [4.78, 5) is 30.0. The molecule has 3 saturated heterocycles. The highest BCUT2D eigenvalue weighted by molar-refractivity contribution is 8.76. The van der Waals surface area contributed by atoms with E-state index in [1.165, 1.54) is 10.8 Å². The minimum atomic E-state index is -2.11. The summed E-state index contributed by atoms with van der Waals surface area (Å²) in [6, 6.07) is 0. The zero-order valence-electron chi connectivity index (χ0n) is 30.2. The van der Waals surface area contributed by atoms with Gasteiger partial charge < -0.3 is 45.4 Å². The minimum Gasteiger partial charge on any atom is -0.511 e. The van der Waals surface area contributed by atoms with Crippen molar-refractivity contribution in [3.8, 4) is 0 Å². The SMILES string of the molecule is O=C1C2CCCC3O[C@@H]4O[C@]5(CO)C=C[C@@H](CC6CCNC(C6)NCSSC[C@@]6(C(=O)C32)C(O)=CC(CC2CCCC(CO)C2)=C[C@@H]16)[C@@](O)([C@H]4O)[C@@H]5O. The Labute approximate surface area is 319 Å². The van der Waals surface area contributed by atoms with Crippen LogP contribution in [0.3, 0.4) is 0 Å². The molecule has 0 aromatic heterocycles. The standard InChI is InChI=1S/C39H56N2O10S2/c42-17-23-4-1-3-21(11-23)12-24-14-27-32(45)26-5-2-6-28-31(26)33(46)38(27,29(44)15-24)19-52-53-20-41-30-16-22(8-10-40-30)13-25-7-9-37(18-43)36(48)39(25,49)34(47)35(50-28)51-37/h7,9,14-15,21-23,25-28,30-31,34-36,40-44,47-49H,1-6,8,10-13,16-20H2/t21?,22?,23?,25-,26?,27-,28?,30?,31?,34-,35+,36+,37-,38-,39+/m0/s1.